The number of aromatic nitrogens is 2. The summed E-state index contributed by atoms with van der Waals surface area (Å²) in [4.78, 5) is 0. The zero-order valence-corrected chi connectivity index (χ0v) is 4.91. The number of hydrogen-bond donors (Lipinski definition) is 2. The normalized spacial score (nSPS) is 10.8. The van der Waals surface area contributed by atoms with Crippen molar-refractivity contribution in [1.29, 1.82) is 0 Å². The van der Waals surface area contributed by atoms with Crippen molar-refractivity contribution in [2.75, 3.05) is 6.61 Å². The van der Waals surface area contributed by atoms with Gasteiger partial charge in [0.15, 0.2) is 0 Å². The molecular formula is C6H8N2O. The van der Waals surface area contributed by atoms with Crippen molar-refractivity contribution in [2.45, 2.75) is 0 Å². The molecule has 0 atom stereocenters. The Morgan fingerprint density at radius 1 is 1.78 bits per heavy atom. The van der Waals surface area contributed by atoms with Gasteiger partial charge in [-0.15, -0.1) is 0 Å². The number of rotatable bonds is 2. The first-order valence-corrected chi connectivity index (χ1v) is 2.70. The lowest BCUT2D eigenvalue weighted by molar-refractivity contribution is 0.343. The SMILES string of the molecule is OC/C=C/c1ccn[nH]1. The summed E-state index contributed by atoms with van der Waals surface area (Å²) >= 11 is 0. The maximum atomic E-state index is 8.34. The van der Waals surface area contributed by atoms with Crippen LogP contribution in [0.2, 0.25) is 0 Å². The summed E-state index contributed by atoms with van der Waals surface area (Å²) in [7, 11) is 0. The minimum Gasteiger partial charge on any atom is -0.392 e. The van der Waals surface area contributed by atoms with Crippen LogP contribution in [0.4, 0.5) is 0 Å². The van der Waals surface area contributed by atoms with Crippen LogP contribution in [-0.2, 0) is 0 Å². The van der Waals surface area contributed by atoms with Gasteiger partial charge in [0, 0.05) is 6.20 Å². The van der Waals surface area contributed by atoms with E-state index in [1.54, 1.807) is 18.3 Å². The molecule has 1 heterocycles. The molecule has 1 aromatic rings. The highest BCUT2D eigenvalue weighted by atomic mass is 16.2. The van der Waals surface area contributed by atoms with Crippen LogP contribution >= 0.6 is 0 Å². The third-order valence-electron chi connectivity index (χ3n) is 0.925. The van der Waals surface area contributed by atoms with E-state index in [0.29, 0.717) is 0 Å². The highest BCUT2D eigenvalue weighted by molar-refractivity contribution is 5.42. The minimum atomic E-state index is 0.0685. The number of nitrogens with one attached hydrogen (secondary N) is 1. The molecule has 0 fully saturated rings. The van der Waals surface area contributed by atoms with Gasteiger partial charge in [-0.1, -0.05) is 6.08 Å². The van der Waals surface area contributed by atoms with Crippen LogP contribution < -0.4 is 0 Å². The molecule has 1 rings (SSSR count). The molecule has 3 heteroatoms. The van der Waals surface area contributed by atoms with Gasteiger partial charge in [-0.3, -0.25) is 5.10 Å². The van der Waals surface area contributed by atoms with E-state index in [2.05, 4.69) is 10.2 Å². The standard InChI is InChI=1S/C6H8N2O/c9-5-1-2-6-3-4-7-8-6/h1-4,9H,5H2,(H,7,8)/b2-1+. The van der Waals surface area contributed by atoms with Crippen molar-refractivity contribution in [1.82, 2.24) is 10.2 Å². The van der Waals surface area contributed by atoms with Crippen LogP contribution in [0.1, 0.15) is 5.69 Å². The third-order valence-corrected chi connectivity index (χ3v) is 0.925. The smallest absolute Gasteiger partial charge is 0.0616 e. The molecule has 0 bridgehead atoms. The minimum absolute atomic E-state index is 0.0685. The molecule has 48 valence electrons. The van der Waals surface area contributed by atoms with Crippen LogP contribution in [0, 0.1) is 0 Å². The predicted molar refractivity (Wildman–Crippen MR) is 34.7 cm³/mol. The average Bonchev–Trinajstić information content (AvgIpc) is 2.34. The van der Waals surface area contributed by atoms with Gasteiger partial charge >= 0.3 is 0 Å². The Hall–Kier alpha value is -1.09. The fraction of sp³-hybridized carbons (Fsp3) is 0.167. The van der Waals surface area contributed by atoms with Crippen molar-refractivity contribution in [3.8, 4) is 0 Å². The predicted octanol–water partition coefficient (Wildman–Crippen LogP) is 0.415. The van der Waals surface area contributed by atoms with E-state index in [-0.39, 0.29) is 6.61 Å². The van der Waals surface area contributed by atoms with Gasteiger partial charge in [-0.05, 0) is 12.1 Å². The molecule has 0 aliphatic carbocycles. The fourth-order valence-corrected chi connectivity index (χ4v) is 0.539. The molecule has 1 aromatic heterocycles. The Bertz CT molecular complexity index is 179. The zero-order valence-electron chi connectivity index (χ0n) is 4.91. The van der Waals surface area contributed by atoms with E-state index in [0.717, 1.165) is 5.69 Å². The van der Waals surface area contributed by atoms with Gasteiger partial charge in [0.05, 0.1) is 12.3 Å². The van der Waals surface area contributed by atoms with Gasteiger partial charge in [0.25, 0.3) is 0 Å². The number of aromatic amines is 1. The van der Waals surface area contributed by atoms with Crippen LogP contribution in [0.15, 0.2) is 18.3 Å². The Morgan fingerprint density at radius 3 is 3.22 bits per heavy atom. The van der Waals surface area contributed by atoms with E-state index >= 15 is 0 Å². The first-order valence-electron chi connectivity index (χ1n) is 2.70. The van der Waals surface area contributed by atoms with Crippen LogP contribution in [-0.4, -0.2) is 21.9 Å². The molecule has 0 unspecified atom stereocenters. The van der Waals surface area contributed by atoms with Crippen molar-refractivity contribution >= 4 is 6.08 Å². The highest BCUT2D eigenvalue weighted by Crippen LogP contribution is 1.92. The molecule has 0 amide bonds. The first-order chi connectivity index (χ1) is 4.43. The average molecular weight is 124 g/mol. The van der Waals surface area contributed by atoms with Crippen LogP contribution in [0.3, 0.4) is 0 Å². The van der Waals surface area contributed by atoms with Crippen LogP contribution in [0.25, 0.3) is 6.08 Å². The lowest BCUT2D eigenvalue weighted by Crippen LogP contribution is -1.73. The van der Waals surface area contributed by atoms with Gasteiger partial charge in [0.2, 0.25) is 0 Å². The van der Waals surface area contributed by atoms with Crippen molar-refractivity contribution in [2.24, 2.45) is 0 Å². The Kier molecular flexibility index (Phi) is 2.04. The fourth-order valence-electron chi connectivity index (χ4n) is 0.539. The molecule has 2 N–H and O–H groups in total. The summed E-state index contributed by atoms with van der Waals surface area (Å²) in [6, 6.07) is 1.83. The van der Waals surface area contributed by atoms with Gasteiger partial charge in [-0.2, -0.15) is 5.10 Å². The number of aliphatic hydroxyl groups is 1. The summed E-state index contributed by atoms with van der Waals surface area (Å²) in [5, 5.41) is 14.8. The van der Waals surface area contributed by atoms with E-state index in [4.69, 9.17) is 5.11 Å². The maximum Gasteiger partial charge on any atom is 0.0616 e. The summed E-state index contributed by atoms with van der Waals surface area (Å²) in [5.41, 5.74) is 0.907. The number of hydrogen-bond acceptors (Lipinski definition) is 2. The molecule has 0 radical (unpaired) electrons. The summed E-state index contributed by atoms with van der Waals surface area (Å²) in [6.07, 6.45) is 5.08. The Labute approximate surface area is 53.0 Å². The monoisotopic (exact) mass is 124 g/mol. The first kappa shape index (κ1) is 6.04. The highest BCUT2D eigenvalue weighted by Gasteiger charge is 1.81. The van der Waals surface area contributed by atoms with E-state index in [9.17, 15) is 0 Å². The molecule has 0 saturated carbocycles. The second kappa shape index (κ2) is 3.04. The summed E-state index contributed by atoms with van der Waals surface area (Å²) in [5.74, 6) is 0. The lowest BCUT2D eigenvalue weighted by Gasteiger charge is -1.79. The summed E-state index contributed by atoms with van der Waals surface area (Å²) in [6.45, 7) is 0.0685. The van der Waals surface area contributed by atoms with Gasteiger partial charge < -0.3 is 5.11 Å². The van der Waals surface area contributed by atoms with Crippen molar-refractivity contribution in [3.63, 3.8) is 0 Å². The second-order valence-electron chi connectivity index (χ2n) is 1.60. The molecule has 9 heavy (non-hydrogen) atoms. The quantitative estimate of drug-likeness (QED) is 0.600. The topological polar surface area (TPSA) is 48.9 Å². The van der Waals surface area contributed by atoms with Gasteiger partial charge in [0.1, 0.15) is 0 Å². The zero-order chi connectivity index (χ0) is 6.53. The van der Waals surface area contributed by atoms with E-state index in [1.807, 2.05) is 6.07 Å². The van der Waals surface area contributed by atoms with E-state index in [1.165, 1.54) is 0 Å². The molecule has 3 nitrogen and oxygen atoms in total. The number of aliphatic hydroxyl groups excluding tert-OH is 1. The summed E-state index contributed by atoms with van der Waals surface area (Å²) < 4.78 is 0. The molecule has 0 aromatic carbocycles. The Balaban J connectivity index is 2.57. The molecule has 0 saturated heterocycles. The van der Waals surface area contributed by atoms with Crippen LogP contribution in [0.5, 0.6) is 0 Å². The number of nitrogens with zero attached hydrogens (tertiary/aromatic N) is 1. The number of H-pyrrole nitrogens is 1. The van der Waals surface area contributed by atoms with Crippen molar-refractivity contribution < 1.29 is 5.11 Å². The molecular weight excluding hydrogens is 116 g/mol. The largest absolute Gasteiger partial charge is 0.392 e. The third kappa shape index (κ3) is 1.70. The van der Waals surface area contributed by atoms with E-state index < -0.39 is 0 Å². The van der Waals surface area contributed by atoms with Crippen molar-refractivity contribution in [3.05, 3.63) is 24.0 Å². The molecule has 0 aliphatic rings. The molecule has 0 aliphatic heterocycles. The maximum absolute atomic E-state index is 8.34. The molecule has 0 spiro atoms. The van der Waals surface area contributed by atoms with Gasteiger partial charge in [-0.25, -0.2) is 0 Å². The lowest BCUT2D eigenvalue weighted by atomic mass is 10.4. The Morgan fingerprint density at radius 2 is 2.67 bits per heavy atom. The second-order valence-corrected chi connectivity index (χ2v) is 1.60.